The molecular weight excluding hydrogens is 348 g/mol. The molecule has 0 aliphatic carbocycles. The molecule has 26 heavy (non-hydrogen) atoms. The number of rotatable bonds is 9. The normalized spacial score (nSPS) is 13.2. The van der Waals surface area contributed by atoms with Crippen molar-refractivity contribution < 1.29 is 14.3 Å². The molecule has 0 saturated carbocycles. The number of aromatic nitrogens is 1. The lowest BCUT2D eigenvalue weighted by Gasteiger charge is -2.17. The molecule has 0 saturated heterocycles. The molecule has 1 atom stereocenters. The van der Waals surface area contributed by atoms with Gasteiger partial charge in [-0.2, -0.15) is 0 Å². The number of benzene rings is 1. The number of fused-ring (bicyclic) bond motifs is 1. The van der Waals surface area contributed by atoms with Crippen LogP contribution in [0.15, 0.2) is 41.8 Å². The number of allylic oxidation sites excluding steroid dienone is 2. The first kappa shape index (κ1) is 20.0. The van der Waals surface area contributed by atoms with E-state index in [9.17, 15) is 4.79 Å². The molecule has 5 nitrogen and oxygen atoms in total. The van der Waals surface area contributed by atoms with Gasteiger partial charge in [-0.05, 0) is 44.4 Å². The van der Waals surface area contributed by atoms with Crippen molar-refractivity contribution in [1.82, 2.24) is 4.98 Å². The number of thioether (sulfide) groups is 1. The zero-order chi connectivity index (χ0) is 18.9. The van der Waals surface area contributed by atoms with E-state index < -0.39 is 0 Å². The topological polar surface area (TPSA) is 60.5 Å². The lowest BCUT2D eigenvalue weighted by atomic mass is 10.1. The van der Waals surface area contributed by atoms with Gasteiger partial charge < -0.3 is 14.8 Å². The van der Waals surface area contributed by atoms with Crippen LogP contribution >= 0.6 is 11.8 Å². The Labute approximate surface area is 158 Å². The van der Waals surface area contributed by atoms with Crippen LogP contribution in [0.1, 0.15) is 26.5 Å². The molecule has 1 N–H and O–H groups in total. The molecule has 2 rings (SSSR count). The minimum atomic E-state index is -0.113. The van der Waals surface area contributed by atoms with Crippen LogP contribution in [0.2, 0.25) is 0 Å². The summed E-state index contributed by atoms with van der Waals surface area (Å²) in [7, 11) is 1.65. The molecule has 1 unspecified atom stereocenters. The quantitative estimate of drug-likeness (QED) is 0.638. The predicted molar refractivity (Wildman–Crippen MR) is 109 cm³/mol. The first-order valence-corrected chi connectivity index (χ1v) is 9.26. The molecule has 0 spiro atoms. The molecule has 1 aromatic heterocycles. The molecule has 0 aliphatic rings. The van der Waals surface area contributed by atoms with Gasteiger partial charge >= 0.3 is 0 Å². The average molecular weight is 372 g/mol. The van der Waals surface area contributed by atoms with Crippen LogP contribution in [-0.2, 0) is 9.53 Å². The van der Waals surface area contributed by atoms with E-state index in [4.69, 9.17) is 14.5 Å². The van der Waals surface area contributed by atoms with Crippen molar-refractivity contribution in [2.45, 2.75) is 26.9 Å². The van der Waals surface area contributed by atoms with Gasteiger partial charge in [0.05, 0.1) is 17.8 Å². The van der Waals surface area contributed by atoms with Gasteiger partial charge in [-0.1, -0.05) is 23.9 Å². The van der Waals surface area contributed by atoms with Crippen molar-refractivity contribution in [2.24, 2.45) is 0 Å². The predicted octanol–water partition coefficient (Wildman–Crippen LogP) is 4.84. The van der Waals surface area contributed by atoms with Crippen LogP contribution in [-0.4, -0.2) is 31.2 Å². The van der Waals surface area contributed by atoms with Gasteiger partial charge in [0.25, 0.3) is 0 Å². The highest BCUT2D eigenvalue weighted by atomic mass is 32.2. The molecule has 2 aromatic rings. The second-order valence-electron chi connectivity index (χ2n) is 5.62. The fourth-order valence-electron chi connectivity index (χ4n) is 2.48. The van der Waals surface area contributed by atoms with Crippen LogP contribution in [0.4, 0.5) is 5.69 Å². The SMILES string of the molecule is C/C=C\S/C(=C\C)c1cc(OC(C)COC)c2cc(NC=O)ccc2n1. The Morgan fingerprint density at radius 3 is 2.81 bits per heavy atom. The largest absolute Gasteiger partial charge is 0.488 e. The number of carbonyl (C=O) groups is 1. The maximum Gasteiger partial charge on any atom is 0.211 e. The van der Waals surface area contributed by atoms with E-state index in [2.05, 4.69) is 5.32 Å². The number of hydrogen-bond donors (Lipinski definition) is 1. The highest BCUT2D eigenvalue weighted by Crippen LogP contribution is 2.34. The zero-order valence-electron chi connectivity index (χ0n) is 15.5. The maximum absolute atomic E-state index is 10.7. The van der Waals surface area contributed by atoms with Gasteiger partial charge in [-0.15, -0.1) is 0 Å². The van der Waals surface area contributed by atoms with Gasteiger partial charge in [0.15, 0.2) is 0 Å². The molecule has 1 amide bonds. The van der Waals surface area contributed by atoms with Gasteiger partial charge in [-0.25, -0.2) is 4.98 Å². The summed E-state index contributed by atoms with van der Waals surface area (Å²) in [5, 5.41) is 5.53. The zero-order valence-corrected chi connectivity index (χ0v) is 16.3. The van der Waals surface area contributed by atoms with Crippen LogP contribution in [0.3, 0.4) is 0 Å². The Balaban J connectivity index is 2.55. The fraction of sp³-hybridized carbons (Fsp3) is 0.300. The highest BCUT2D eigenvalue weighted by molar-refractivity contribution is 8.10. The molecule has 0 bridgehead atoms. The Morgan fingerprint density at radius 1 is 1.35 bits per heavy atom. The van der Waals surface area contributed by atoms with E-state index in [1.54, 1.807) is 18.9 Å². The standard InChI is InChI=1S/C20H24N2O3S/c1-5-9-26-20(6-2)18-11-19(25-14(3)12-24-4)16-10-15(21-13-23)7-8-17(16)22-18/h5-11,13-14H,12H2,1-4H3,(H,21,23)/b9-5-,20-6-. The number of amides is 1. The summed E-state index contributed by atoms with van der Waals surface area (Å²) in [6.07, 6.45) is 4.56. The summed E-state index contributed by atoms with van der Waals surface area (Å²) in [5.74, 6) is 0.713. The average Bonchev–Trinajstić information content (AvgIpc) is 2.63. The van der Waals surface area contributed by atoms with Gasteiger partial charge in [0.2, 0.25) is 6.41 Å². The second kappa shape index (κ2) is 9.99. The second-order valence-corrected chi connectivity index (χ2v) is 6.57. The first-order valence-electron chi connectivity index (χ1n) is 8.38. The minimum absolute atomic E-state index is 0.113. The molecule has 138 valence electrons. The summed E-state index contributed by atoms with van der Waals surface area (Å²) in [5.41, 5.74) is 2.35. The van der Waals surface area contributed by atoms with Crippen LogP contribution < -0.4 is 10.1 Å². The number of methoxy groups -OCH3 is 1. The third-order valence-corrected chi connectivity index (χ3v) is 4.68. The molecule has 6 heteroatoms. The molecule has 1 aromatic carbocycles. The van der Waals surface area contributed by atoms with E-state index in [-0.39, 0.29) is 6.10 Å². The monoisotopic (exact) mass is 372 g/mol. The van der Waals surface area contributed by atoms with Crippen molar-refractivity contribution in [1.29, 1.82) is 0 Å². The summed E-state index contributed by atoms with van der Waals surface area (Å²) >= 11 is 1.61. The van der Waals surface area contributed by atoms with Crippen molar-refractivity contribution in [3.8, 4) is 5.75 Å². The summed E-state index contributed by atoms with van der Waals surface area (Å²) < 4.78 is 11.3. The number of carbonyl (C=O) groups excluding carboxylic acids is 1. The smallest absolute Gasteiger partial charge is 0.211 e. The summed E-state index contributed by atoms with van der Waals surface area (Å²) in [6.45, 7) is 6.41. The molecule has 1 heterocycles. The minimum Gasteiger partial charge on any atom is -0.488 e. The summed E-state index contributed by atoms with van der Waals surface area (Å²) in [4.78, 5) is 16.6. The highest BCUT2D eigenvalue weighted by Gasteiger charge is 2.13. The summed E-state index contributed by atoms with van der Waals surface area (Å²) in [6, 6.07) is 7.51. The van der Waals surface area contributed by atoms with Gasteiger partial charge in [0, 0.05) is 29.2 Å². The lowest BCUT2D eigenvalue weighted by molar-refractivity contribution is -0.105. The Bertz CT molecular complexity index is 818. The van der Waals surface area contributed by atoms with E-state index in [0.29, 0.717) is 24.5 Å². The van der Waals surface area contributed by atoms with Crippen molar-refractivity contribution in [3.05, 3.63) is 47.5 Å². The van der Waals surface area contributed by atoms with Gasteiger partial charge in [-0.3, -0.25) is 4.79 Å². The Hall–Kier alpha value is -2.31. The lowest BCUT2D eigenvalue weighted by Crippen LogP contribution is -2.18. The molecular formula is C20H24N2O3S. The number of hydrogen-bond acceptors (Lipinski definition) is 5. The van der Waals surface area contributed by atoms with E-state index in [0.717, 1.165) is 21.5 Å². The molecule has 0 aliphatic heterocycles. The Morgan fingerprint density at radius 2 is 2.15 bits per heavy atom. The molecule has 0 radical (unpaired) electrons. The van der Waals surface area contributed by atoms with Crippen LogP contribution in [0.5, 0.6) is 5.75 Å². The van der Waals surface area contributed by atoms with E-state index >= 15 is 0 Å². The number of nitrogens with zero attached hydrogens (tertiary/aromatic N) is 1. The first-order chi connectivity index (χ1) is 12.6. The Kier molecular flexibility index (Phi) is 7.69. The van der Waals surface area contributed by atoms with E-state index in [1.165, 1.54) is 0 Å². The van der Waals surface area contributed by atoms with Crippen molar-refractivity contribution >= 4 is 39.7 Å². The maximum atomic E-state index is 10.7. The fourth-order valence-corrected chi connectivity index (χ4v) is 3.12. The number of anilines is 1. The van der Waals surface area contributed by atoms with Crippen molar-refractivity contribution in [2.75, 3.05) is 19.0 Å². The van der Waals surface area contributed by atoms with Crippen LogP contribution in [0.25, 0.3) is 15.8 Å². The third-order valence-electron chi connectivity index (χ3n) is 3.57. The number of ether oxygens (including phenoxy) is 2. The third kappa shape index (κ3) is 5.09. The van der Waals surface area contributed by atoms with E-state index in [1.807, 2.05) is 62.6 Å². The number of pyridine rings is 1. The molecule has 0 fully saturated rings. The van der Waals surface area contributed by atoms with Gasteiger partial charge in [0.1, 0.15) is 11.9 Å². The van der Waals surface area contributed by atoms with Crippen LogP contribution in [0, 0.1) is 0 Å². The van der Waals surface area contributed by atoms with Crippen molar-refractivity contribution in [3.63, 3.8) is 0 Å². The number of nitrogens with one attached hydrogen (secondary N) is 1.